The van der Waals surface area contributed by atoms with Gasteiger partial charge in [0, 0.05) is 24.1 Å². The van der Waals surface area contributed by atoms with Gasteiger partial charge in [-0.25, -0.2) is 0 Å². The summed E-state index contributed by atoms with van der Waals surface area (Å²) in [4.78, 5) is 11.2. The van der Waals surface area contributed by atoms with E-state index < -0.39 is 0 Å². The van der Waals surface area contributed by atoms with Crippen molar-refractivity contribution >= 4 is 5.69 Å². The Kier molecular flexibility index (Phi) is 5.06. The Hall–Kier alpha value is -2.88. The van der Waals surface area contributed by atoms with Crippen molar-refractivity contribution in [3.05, 3.63) is 83.9 Å². The fourth-order valence-corrected chi connectivity index (χ4v) is 2.62. The second-order valence-electron chi connectivity index (χ2n) is 5.65. The maximum atomic E-state index is 5.48. The Balaban J connectivity index is 1.91. The van der Waals surface area contributed by atoms with Crippen LogP contribution < -0.4 is 9.64 Å². The molecule has 0 saturated carbocycles. The van der Waals surface area contributed by atoms with Gasteiger partial charge in [0.2, 0.25) is 0 Å². The van der Waals surface area contributed by atoms with Gasteiger partial charge in [-0.2, -0.15) is 0 Å². The van der Waals surface area contributed by atoms with Crippen LogP contribution in [0.4, 0.5) is 5.69 Å². The third-order valence-corrected chi connectivity index (χ3v) is 3.91. The first kappa shape index (κ1) is 16.0. The first-order chi connectivity index (χ1) is 11.8. The normalized spacial score (nSPS) is 10.4. The smallest absolute Gasteiger partial charge is 0.123 e. The van der Waals surface area contributed by atoms with Gasteiger partial charge < -0.3 is 9.64 Å². The number of hydrogen-bond acceptors (Lipinski definition) is 4. The van der Waals surface area contributed by atoms with Crippen molar-refractivity contribution in [2.24, 2.45) is 0 Å². The molecular formula is C20H21N3O. The molecule has 3 aromatic rings. The highest BCUT2D eigenvalue weighted by Crippen LogP contribution is 2.27. The zero-order valence-corrected chi connectivity index (χ0v) is 14.0. The molecular weight excluding hydrogens is 298 g/mol. The van der Waals surface area contributed by atoms with Crippen LogP contribution >= 0.6 is 0 Å². The molecule has 0 amide bonds. The maximum Gasteiger partial charge on any atom is 0.123 e. The molecule has 4 nitrogen and oxygen atoms in total. The number of rotatable bonds is 6. The standard InChI is InChI=1S/C20H21N3O/c1-16-9-10-19(13-20(16)24-2)23(14-17-7-3-5-11-21-17)15-18-8-4-6-12-22-18/h3-13H,14-15H2,1-2H3. The molecule has 3 rings (SSSR count). The van der Waals surface area contributed by atoms with E-state index in [1.54, 1.807) is 7.11 Å². The lowest BCUT2D eigenvalue weighted by molar-refractivity contribution is 0.411. The van der Waals surface area contributed by atoms with E-state index in [2.05, 4.69) is 33.1 Å². The van der Waals surface area contributed by atoms with E-state index in [1.807, 2.05) is 55.7 Å². The van der Waals surface area contributed by atoms with Crippen LogP contribution in [-0.2, 0) is 13.1 Å². The van der Waals surface area contributed by atoms with Crippen molar-refractivity contribution in [2.45, 2.75) is 20.0 Å². The molecule has 0 unspecified atom stereocenters. The summed E-state index contributed by atoms with van der Waals surface area (Å²) in [7, 11) is 1.70. The van der Waals surface area contributed by atoms with Crippen LogP contribution in [0.15, 0.2) is 67.0 Å². The third kappa shape index (κ3) is 3.90. The number of methoxy groups -OCH3 is 1. The second-order valence-corrected chi connectivity index (χ2v) is 5.65. The molecule has 0 aliphatic carbocycles. The first-order valence-electron chi connectivity index (χ1n) is 7.95. The minimum Gasteiger partial charge on any atom is -0.496 e. The van der Waals surface area contributed by atoms with E-state index >= 15 is 0 Å². The molecule has 2 heterocycles. The molecule has 2 aromatic heterocycles. The van der Waals surface area contributed by atoms with Gasteiger partial charge in [-0.15, -0.1) is 0 Å². The van der Waals surface area contributed by atoms with Crippen LogP contribution in [0.3, 0.4) is 0 Å². The van der Waals surface area contributed by atoms with Crippen LogP contribution in [0.25, 0.3) is 0 Å². The zero-order chi connectivity index (χ0) is 16.8. The quantitative estimate of drug-likeness (QED) is 0.688. The van der Waals surface area contributed by atoms with E-state index in [0.29, 0.717) is 13.1 Å². The van der Waals surface area contributed by atoms with Crippen molar-refractivity contribution in [3.63, 3.8) is 0 Å². The van der Waals surface area contributed by atoms with Crippen molar-refractivity contribution in [1.82, 2.24) is 9.97 Å². The molecule has 0 bridgehead atoms. The Morgan fingerprint density at radius 1 is 0.875 bits per heavy atom. The topological polar surface area (TPSA) is 38.2 Å². The predicted molar refractivity (Wildman–Crippen MR) is 96.1 cm³/mol. The van der Waals surface area contributed by atoms with E-state index in [-0.39, 0.29) is 0 Å². The summed E-state index contributed by atoms with van der Waals surface area (Å²) in [5.41, 5.74) is 4.26. The van der Waals surface area contributed by atoms with Gasteiger partial charge in [0.25, 0.3) is 0 Å². The van der Waals surface area contributed by atoms with Crippen LogP contribution in [0.2, 0.25) is 0 Å². The number of benzene rings is 1. The number of pyridine rings is 2. The second kappa shape index (κ2) is 7.59. The average molecular weight is 319 g/mol. The number of ether oxygens (including phenoxy) is 1. The molecule has 0 aliphatic heterocycles. The lowest BCUT2D eigenvalue weighted by Crippen LogP contribution is -2.23. The summed E-state index contributed by atoms with van der Waals surface area (Å²) in [6, 6.07) is 18.2. The van der Waals surface area contributed by atoms with Crippen LogP contribution in [0.5, 0.6) is 5.75 Å². The molecule has 0 saturated heterocycles. The van der Waals surface area contributed by atoms with E-state index in [4.69, 9.17) is 4.74 Å². The largest absolute Gasteiger partial charge is 0.496 e. The summed E-state index contributed by atoms with van der Waals surface area (Å²) in [5.74, 6) is 0.888. The van der Waals surface area contributed by atoms with Gasteiger partial charge in [-0.1, -0.05) is 18.2 Å². The number of aromatic nitrogens is 2. The number of nitrogens with zero attached hydrogens (tertiary/aromatic N) is 3. The van der Waals surface area contributed by atoms with Crippen LogP contribution in [-0.4, -0.2) is 17.1 Å². The highest BCUT2D eigenvalue weighted by molar-refractivity contribution is 5.54. The summed E-state index contributed by atoms with van der Waals surface area (Å²) in [5, 5.41) is 0. The Bertz CT molecular complexity index is 734. The fraction of sp³-hybridized carbons (Fsp3) is 0.200. The summed E-state index contributed by atoms with van der Waals surface area (Å²) in [6.45, 7) is 3.47. The molecule has 0 aliphatic rings. The average Bonchev–Trinajstić information content (AvgIpc) is 2.63. The minimum atomic E-state index is 0.712. The SMILES string of the molecule is COc1cc(N(Cc2ccccn2)Cc2ccccn2)ccc1C. The number of hydrogen-bond donors (Lipinski definition) is 0. The van der Waals surface area contributed by atoms with E-state index in [9.17, 15) is 0 Å². The fourth-order valence-electron chi connectivity index (χ4n) is 2.62. The molecule has 0 fully saturated rings. The minimum absolute atomic E-state index is 0.712. The lowest BCUT2D eigenvalue weighted by atomic mass is 10.1. The molecule has 0 N–H and O–H groups in total. The summed E-state index contributed by atoms with van der Waals surface area (Å²) in [6.07, 6.45) is 3.65. The summed E-state index contributed by atoms with van der Waals surface area (Å²) >= 11 is 0. The molecule has 1 aromatic carbocycles. The van der Waals surface area contributed by atoms with Crippen molar-refractivity contribution in [1.29, 1.82) is 0 Å². The van der Waals surface area contributed by atoms with Gasteiger partial charge in [0.05, 0.1) is 31.6 Å². The van der Waals surface area contributed by atoms with E-state index in [1.165, 1.54) is 0 Å². The van der Waals surface area contributed by atoms with Crippen molar-refractivity contribution in [2.75, 3.05) is 12.0 Å². The number of aryl methyl sites for hydroxylation is 1. The zero-order valence-electron chi connectivity index (χ0n) is 14.0. The van der Waals surface area contributed by atoms with Gasteiger partial charge >= 0.3 is 0 Å². The third-order valence-electron chi connectivity index (χ3n) is 3.91. The predicted octanol–water partition coefficient (Wildman–Crippen LogP) is 4.00. The molecule has 0 atom stereocenters. The van der Waals surface area contributed by atoms with Crippen LogP contribution in [0.1, 0.15) is 17.0 Å². The number of anilines is 1. The van der Waals surface area contributed by atoms with E-state index in [0.717, 1.165) is 28.4 Å². The Morgan fingerprint density at radius 2 is 1.50 bits per heavy atom. The lowest BCUT2D eigenvalue weighted by Gasteiger charge is -2.25. The maximum absolute atomic E-state index is 5.48. The molecule has 4 heteroatoms. The van der Waals surface area contributed by atoms with Crippen molar-refractivity contribution < 1.29 is 4.74 Å². The highest BCUT2D eigenvalue weighted by atomic mass is 16.5. The molecule has 0 spiro atoms. The highest BCUT2D eigenvalue weighted by Gasteiger charge is 2.12. The monoisotopic (exact) mass is 319 g/mol. The molecule has 122 valence electrons. The van der Waals surface area contributed by atoms with Gasteiger partial charge in [-0.05, 0) is 42.8 Å². The molecule has 0 radical (unpaired) electrons. The van der Waals surface area contributed by atoms with Crippen molar-refractivity contribution in [3.8, 4) is 5.75 Å². The summed E-state index contributed by atoms with van der Waals surface area (Å²) < 4.78 is 5.48. The molecule has 24 heavy (non-hydrogen) atoms. The van der Waals surface area contributed by atoms with Gasteiger partial charge in [0.1, 0.15) is 5.75 Å². The Labute approximate surface area is 142 Å². The first-order valence-corrected chi connectivity index (χ1v) is 7.95. The Morgan fingerprint density at radius 3 is 2.00 bits per heavy atom. The van der Waals surface area contributed by atoms with Gasteiger partial charge in [-0.3, -0.25) is 9.97 Å². The van der Waals surface area contributed by atoms with Gasteiger partial charge in [0.15, 0.2) is 0 Å². The van der Waals surface area contributed by atoms with Crippen LogP contribution in [0, 0.1) is 6.92 Å².